The summed E-state index contributed by atoms with van der Waals surface area (Å²) < 4.78 is 15.4. The fourth-order valence-electron chi connectivity index (χ4n) is 1.61. The van der Waals surface area contributed by atoms with Gasteiger partial charge < -0.3 is 24.6 Å². The van der Waals surface area contributed by atoms with Crippen LogP contribution in [-0.2, 0) is 4.74 Å². The lowest BCUT2D eigenvalue weighted by atomic mass is 10.2. The zero-order chi connectivity index (χ0) is 14.8. The Morgan fingerprint density at radius 1 is 1.25 bits per heavy atom. The molecule has 1 aromatic carbocycles. The van der Waals surface area contributed by atoms with E-state index in [0.717, 1.165) is 6.42 Å². The number of methoxy groups -OCH3 is 2. The van der Waals surface area contributed by atoms with Gasteiger partial charge in [-0.15, -0.1) is 0 Å². The van der Waals surface area contributed by atoms with Gasteiger partial charge in [0, 0.05) is 25.8 Å². The Bertz CT molecular complexity index is 422. The van der Waals surface area contributed by atoms with Crippen molar-refractivity contribution in [1.29, 1.82) is 0 Å². The van der Waals surface area contributed by atoms with Crippen LogP contribution in [-0.4, -0.2) is 51.6 Å². The zero-order valence-electron chi connectivity index (χ0n) is 11.8. The van der Waals surface area contributed by atoms with Crippen molar-refractivity contribution in [3.63, 3.8) is 0 Å². The summed E-state index contributed by atoms with van der Waals surface area (Å²) in [7, 11) is 3.14. The second kappa shape index (κ2) is 9.17. The highest BCUT2D eigenvalue weighted by molar-refractivity contribution is 5.94. The Hall–Kier alpha value is -1.79. The summed E-state index contributed by atoms with van der Waals surface area (Å²) in [4.78, 5) is 11.9. The lowest BCUT2D eigenvalue weighted by Gasteiger charge is -2.11. The zero-order valence-corrected chi connectivity index (χ0v) is 11.8. The third-order valence-corrected chi connectivity index (χ3v) is 2.59. The minimum Gasteiger partial charge on any atom is -0.493 e. The molecule has 0 radical (unpaired) electrons. The van der Waals surface area contributed by atoms with E-state index >= 15 is 0 Å². The van der Waals surface area contributed by atoms with Crippen LogP contribution < -0.4 is 14.8 Å². The van der Waals surface area contributed by atoms with Gasteiger partial charge in [-0.3, -0.25) is 4.79 Å². The summed E-state index contributed by atoms with van der Waals surface area (Å²) in [5, 5.41) is 11.6. The summed E-state index contributed by atoms with van der Waals surface area (Å²) in [6.07, 6.45) is 0.756. The van der Waals surface area contributed by atoms with Gasteiger partial charge in [-0.2, -0.15) is 0 Å². The van der Waals surface area contributed by atoms with Gasteiger partial charge in [-0.05, 0) is 24.6 Å². The van der Waals surface area contributed by atoms with E-state index in [-0.39, 0.29) is 19.1 Å². The van der Waals surface area contributed by atoms with Crippen molar-refractivity contribution >= 4 is 5.91 Å². The van der Waals surface area contributed by atoms with E-state index in [4.69, 9.17) is 19.3 Å². The Labute approximate surface area is 118 Å². The number of carbonyl (C=O) groups is 1. The van der Waals surface area contributed by atoms with Crippen LogP contribution in [0.1, 0.15) is 16.8 Å². The minimum absolute atomic E-state index is 0.101. The first-order valence-electron chi connectivity index (χ1n) is 6.41. The number of nitrogens with one attached hydrogen (secondary N) is 1. The molecule has 0 saturated heterocycles. The van der Waals surface area contributed by atoms with Gasteiger partial charge in [0.25, 0.3) is 5.91 Å². The standard InChI is InChI=1S/C14H21NO5/c1-18-8-3-6-15-14(17)11-4-5-12(19-2)13(10-11)20-9-7-16/h4-5,10,16H,3,6-9H2,1-2H3,(H,15,17). The fourth-order valence-corrected chi connectivity index (χ4v) is 1.61. The lowest BCUT2D eigenvalue weighted by molar-refractivity contribution is 0.0948. The summed E-state index contributed by atoms with van der Waals surface area (Å²) in [6.45, 7) is 1.20. The first kappa shape index (κ1) is 16.3. The number of benzene rings is 1. The molecule has 112 valence electrons. The quantitative estimate of drug-likeness (QED) is 0.657. The summed E-state index contributed by atoms with van der Waals surface area (Å²) in [6, 6.07) is 4.92. The Morgan fingerprint density at radius 3 is 2.70 bits per heavy atom. The van der Waals surface area contributed by atoms with Gasteiger partial charge in [0.2, 0.25) is 0 Å². The molecule has 1 rings (SSSR count). The first-order valence-corrected chi connectivity index (χ1v) is 6.41. The molecule has 0 aliphatic heterocycles. The molecule has 0 atom stereocenters. The normalized spacial score (nSPS) is 10.2. The van der Waals surface area contributed by atoms with Gasteiger partial charge in [0.1, 0.15) is 6.61 Å². The maximum absolute atomic E-state index is 11.9. The Balaban J connectivity index is 2.67. The van der Waals surface area contributed by atoms with Gasteiger partial charge in [-0.1, -0.05) is 0 Å². The van der Waals surface area contributed by atoms with Crippen molar-refractivity contribution in [3.8, 4) is 11.5 Å². The van der Waals surface area contributed by atoms with E-state index in [1.165, 1.54) is 7.11 Å². The molecule has 0 bridgehead atoms. The predicted octanol–water partition coefficient (Wildman–Crippen LogP) is 0.833. The number of aliphatic hydroxyl groups is 1. The molecule has 0 aliphatic carbocycles. The van der Waals surface area contributed by atoms with E-state index in [1.807, 2.05) is 0 Å². The molecule has 1 amide bonds. The van der Waals surface area contributed by atoms with Crippen LogP contribution in [0.25, 0.3) is 0 Å². The SMILES string of the molecule is COCCCNC(=O)c1ccc(OC)c(OCCO)c1. The number of rotatable bonds is 9. The molecule has 0 aromatic heterocycles. The Morgan fingerprint density at radius 2 is 2.05 bits per heavy atom. The van der Waals surface area contributed by atoms with Crippen LogP contribution in [0.4, 0.5) is 0 Å². The topological polar surface area (TPSA) is 77.0 Å². The van der Waals surface area contributed by atoms with Crippen LogP contribution in [0.5, 0.6) is 11.5 Å². The second-order valence-corrected chi connectivity index (χ2v) is 4.04. The molecular formula is C14H21NO5. The molecule has 0 spiro atoms. The van der Waals surface area contributed by atoms with Gasteiger partial charge in [-0.25, -0.2) is 0 Å². The maximum Gasteiger partial charge on any atom is 0.251 e. The molecule has 0 unspecified atom stereocenters. The van der Waals surface area contributed by atoms with Crippen molar-refractivity contribution in [2.75, 3.05) is 40.6 Å². The molecule has 0 heterocycles. The first-order chi connectivity index (χ1) is 9.72. The molecule has 0 saturated carbocycles. The number of ether oxygens (including phenoxy) is 3. The van der Waals surface area contributed by atoms with E-state index in [2.05, 4.69) is 5.32 Å². The van der Waals surface area contributed by atoms with Crippen molar-refractivity contribution in [2.45, 2.75) is 6.42 Å². The molecule has 1 aromatic rings. The highest BCUT2D eigenvalue weighted by Gasteiger charge is 2.10. The van der Waals surface area contributed by atoms with Crippen molar-refractivity contribution in [3.05, 3.63) is 23.8 Å². The van der Waals surface area contributed by atoms with Crippen LogP contribution >= 0.6 is 0 Å². The summed E-state index contributed by atoms with van der Waals surface area (Å²) >= 11 is 0. The van der Waals surface area contributed by atoms with Gasteiger partial charge >= 0.3 is 0 Å². The monoisotopic (exact) mass is 283 g/mol. The van der Waals surface area contributed by atoms with Crippen LogP contribution in [0.15, 0.2) is 18.2 Å². The van der Waals surface area contributed by atoms with E-state index in [9.17, 15) is 4.79 Å². The van der Waals surface area contributed by atoms with E-state index in [0.29, 0.717) is 30.2 Å². The molecule has 0 fully saturated rings. The molecule has 6 nitrogen and oxygen atoms in total. The van der Waals surface area contributed by atoms with Crippen molar-refractivity contribution in [2.24, 2.45) is 0 Å². The smallest absolute Gasteiger partial charge is 0.251 e. The van der Waals surface area contributed by atoms with Gasteiger partial charge in [0.15, 0.2) is 11.5 Å². The average molecular weight is 283 g/mol. The number of aliphatic hydroxyl groups excluding tert-OH is 1. The second-order valence-electron chi connectivity index (χ2n) is 4.04. The van der Waals surface area contributed by atoms with E-state index < -0.39 is 0 Å². The highest BCUT2D eigenvalue weighted by atomic mass is 16.5. The number of hydrogen-bond donors (Lipinski definition) is 2. The fraction of sp³-hybridized carbons (Fsp3) is 0.500. The van der Waals surface area contributed by atoms with Crippen LogP contribution in [0.2, 0.25) is 0 Å². The van der Waals surface area contributed by atoms with Crippen molar-refractivity contribution < 1.29 is 24.1 Å². The maximum atomic E-state index is 11.9. The Kier molecular flexibility index (Phi) is 7.46. The summed E-state index contributed by atoms with van der Waals surface area (Å²) in [5.74, 6) is 0.776. The predicted molar refractivity (Wildman–Crippen MR) is 74.4 cm³/mol. The third kappa shape index (κ3) is 5.07. The molecule has 20 heavy (non-hydrogen) atoms. The molecule has 2 N–H and O–H groups in total. The average Bonchev–Trinajstić information content (AvgIpc) is 2.49. The minimum atomic E-state index is -0.183. The number of carbonyl (C=O) groups excluding carboxylic acids is 1. The number of hydrogen-bond acceptors (Lipinski definition) is 5. The summed E-state index contributed by atoms with van der Waals surface area (Å²) in [5.41, 5.74) is 0.483. The van der Waals surface area contributed by atoms with Gasteiger partial charge in [0.05, 0.1) is 13.7 Å². The third-order valence-electron chi connectivity index (χ3n) is 2.59. The largest absolute Gasteiger partial charge is 0.493 e. The highest BCUT2D eigenvalue weighted by Crippen LogP contribution is 2.27. The number of amides is 1. The molecule has 0 aliphatic rings. The molecular weight excluding hydrogens is 262 g/mol. The van der Waals surface area contributed by atoms with Crippen LogP contribution in [0, 0.1) is 0 Å². The molecule has 6 heteroatoms. The van der Waals surface area contributed by atoms with Crippen molar-refractivity contribution in [1.82, 2.24) is 5.32 Å². The van der Waals surface area contributed by atoms with E-state index in [1.54, 1.807) is 25.3 Å². The lowest BCUT2D eigenvalue weighted by Crippen LogP contribution is -2.25. The van der Waals surface area contributed by atoms with Crippen LogP contribution in [0.3, 0.4) is 0 Å².